The molecule has 1 aliphatic rings. The van der Waals surface area contributed by atoms with E-state index < -0.39 is 5.92 Å². The molecule has 0 radical (unpaired) electrons. The van der Waals surface area contributed by atoms with Crippen molar-refractivity contribution in [2.75, 3.05) is 16.8 Å². The molecule has 1 N–H and O–H groups in total. The van der Waals surface area contributed by atoms with Crippen LogP contribution in [0.25, 0.3) is 10.8 Å². The topological polar surface area (TPSA) is 58.6 Å². The maximum atomic E-state index is 12.8. The molecule has 0 aromatic heterocycles. The first kappa shape index (κ1) is 22.0. The number of hydrogen-bond acceptors (Lipinski definition) is 3. The van der Waals surface area contributed by atoms with E-state index in [9.17, 15) is 9.59 Å². The van der Waals surface area contributed by atoms with Gasteiger partial charge >= 0.3 is 0 Å². The first-order valence-electron chi connectivity index (χ1n) is 11.1. The van der Waals surface area contributed by atoms with Crippen LogP contribution in [0.15, 0.2) is 84.9 Å². The van der Waals surface area contributed by atoms with Crippen LogP contribution in [0, 0.1) is 12.8 Å². The van der Waals surface area contributed by atoms with E-state index in [1.54, 1.807) is 23.1 Å². The second kappa shape index (κ2) is 9.20. The van der Waals surface area contributed by atoms with Crippen LogP contribution < -0.4 is 15.0 Å². The van der Waals surface area contributed by atoms with E-state index in [0.29, 0.717) is 23.0 Å². The Kier molecular flexibility index (Phi) is 5.95. The second-order valence-corrected chi connectivity index (χ2v) is 8.82. The van der Waals surface area contributed by atoms with Gasteiger partial charge in [-0.3, -0.25) is 9.59 Å². The zero-order valence-corrected chi connectivity index (χ0v) is 19.4. The third-order valence-corrected chi connectivity index (χ3v) is 6.51. The van der Waals surface area contributed by atoms with Gasteiger partial charge < -0.3 is 15.0 Å². The molecule has 4 aromatic rings. The average molecular weight is 471 g/mol. The summed E-state index contributed by atoms with van der Waals surface area (Å²) in [6, 6.07) is 26.7. The molecule has 0 saturated carbocycles. The molecule has 0 bridgehead atoms. The van der Waals surface area contributed by atoms with Crippen LogP contribution in [-0.2, 0) is 9.59 Å². The summed E-state index contributed by atoms with van der Waals surface area (Å²) in [4.78, 5) is 27.1. The number of benzene rings is 4. The van der Waals surface area contributed by atoms with Crippen molar-refractivity contribution in [3.63, 3.8) is 0 Å². The van der Waals surface area contributed by atoms with Gasteiger partial charge in [0.2, 0.25) is 11.8 Å². The Hall–Kier alpha value is -3.83. The molecule has 0 aliphatic carbocycles. The number of halogens is 1. The van der Waals surface area contributed by atoms with Crippen molar-refractivity contribution in [3.05, 3.63) is 95.5 Å². The van der Waals surface area contributed by atoms with Gasteiger partial charge in [0.05, 0.1) is 5.92 Å². The van der Waals surface area contributed by atoms with Crippen LogP contribution in [0.4, 0.5) is 11.4 Å². The first-order valence-corrected chi connectivity index (χ1v) is 11.5. The van der Waals surface area contributed by atoms with Crippen LogP contribution in [0.2, 0.25) is 5.02 Å². The van der Waals surface area contributed by atoms with E-state index in [4.69, 9.17) is 16.3 Å². The summed E-state index contributed by atoms with van der Waals surface area (Å²) in [6.07, 6.45) is 0.168. The van der Waals surface area contributed by atoms with Crippen LogP contribution in [-0.4, -0.2) is 18.4 Å². The lowest BCUT2D eigenvalue weighted by atomic mass is 10.1. The molecule has 170 valence electrons. The molecule has 4 aromatic carbocycles. The van der Waals surface area contributed by atoms with Gasteiger partial charge in [0.1, 0.15) is 11.5 Å². The van der Waals surface area contributed by atoms with Crippen molar-refractivity contribution < 1.29 is 14.3 Å². The zero-order chi connectivity index (χ0) is 23.7. The molecule has 1 saturated heterocycles. The summed E-state index contributed by atoms with van der Waals surface area (Å²) in [6.45, 7) is 2.20. The Morgan fingerprint density at radius 3 is 2.47 bits per heavy atom. The van der Waals surface area contributed by atoms with Crippen molar-refractivity contribution >= 4 is 45.6 Å². The Labute approximate surface area is 202 Å². The quantitative estimate of drug-likeness (QED) is 0.358. The van der Waals surface area contributed by atoms with E-state index in [2.05, 4.69) is 11.4 Å². The fraction of sp³-hybridized carbons (Fsp3) is 0.143. The summed E-state index contributed by atoms with van der Waals surface area (Å²) in [5.74, 6) is 0.728. The average Bonchev–Trinajstić information content (AvgIpc) is 3.23. The summed E-state index contributed by atoms with van der Waals surface area (Å²) >= 11 is 6.21. The lowest BCUT2D eigenvalue weighted by Crippen LogP contribution is -2.28. The maximum Gasteiger partial charge on any atom is 0.229 e. The number of fused-ring (bicyclic) bond motifs is 1. The Bertz CT molecular complexity index is 1380. The number of hydrogen-bond donors (Lipinski definition) is 1. The number of ether oxygens (including phenoxy) is 1. The summed E-state index contributed by atoms with van der Waals surface area (Å²) in [5.41, 5.74) is 2.24. The second-order valence-electron chi connectivity index (χ2n) is 8.41. The number of nitrogens with zero attached hydrogens (tertiary/aromatic N) is 1. The lowest BCUT2D eigenvalue weighted by Gasteiger charge is -2.19. The minimum atomic E-state index is -0.431. The minimum Gasteiger partial charge on any atom is -0.457 e. The van der Waals surface area contributed by atoms with Gasteiger partial charge in [-0.25, -0.2) is 0 Å². The summed E-state index contributed by atoms with van der Waals surface area (Å²) in [5, 5.41) is 5.78. The molecule has 5 nitrogen and oxygen atoms in total. The minimum absolute atomic E-state index is 0.0790. The van der Waals surface area contributed by atoms with Gasteiger partial charge in [-0.1, -0.05) is 48.0 Å². The van der Waals surface area contributed by atoms with Crippen molar-refractivity contribution in [1.29, 1.82) is 0 Å². The molecule has 1 aliphatic heterocycles. The summed E-state index contributed by atoms with van der Waals surface area (Å²) in [7, 11) is 0. The highest BCUT2D eigenvalue weighted by atomic mass is 35.5. The SMILES string of the molecule is Cc1c(Cl)cccc1N1C[C@@H](C(=O)Nc2ccc(Oc3ccc4ccccc4c3)cc2)CC1=O. The first-order chi connectivity index (χ1) is 16.5. The summed E-state index contributed by atoms with van der Waals surface area (Å²) < 4.78 is 5.97. The van der Waals surface area contributed by atoms with Gasteiger partial charge in [0, 0.05) is 29.4 Å². The molecule has 34 heavy (non-hydrogen) atoms. The normalized spacial score (nSPS) is 15.5. The molecular formula is C28H23ClN2O3. The number of anilines is 2. The molecule has 1 heterocycles. The lowest BCUT2D eigenvalue weighted by molar-refractivity contribution is -0.122. The third kappa shape index (κ3) is 4.47. The van der Waals surface area contributed by atoms with Crippen LogP contribution >= 0.6 is 11.6 Å². The Balaban J connectivity index is 1.23. The number of carbonyl (C=O) groups excluding carboxylic acids is 2. The van der Waals surface area contributed by atoms with Crippen molar-refractivity contribution in [2.24, 2.45) is 5.92 Å². The number of nitrogens with one attached hydrogen (secondary N) is 1. The van der Waals surface area contributed by atoms with Crippen molar-refractivity contribution in [3.8, 4) is 11.5 Å². The fourth-order valence-electron chi connectivity index (χ4n) is 4.22. The maximum absolute atomic E-state index is 12.8. The van der Waals surface area contributed by atoms with E-state index in [1.165, 1.54) is 0 Å². The standard InChI is InChI=1S/C28H23ClN2O3/c1-18-25(29)7-4-8-26(18)31-17-21(16-27(31)32)28(33)30-22-10-13-23(14-11-22)34-24-12-9-19-5-2-3-6-20(19)15-24/h2-15,21H,16-17H2,1H3,(H,30,33)/t21-/m0/s1. The third-order valence-electron chi connectivity index (χ3n) is 6.10. The highest BCUT2D eigenvalue weighted by molar-refractivity contribution is 6.31. The molecule has 0 spiro atoms. The Morgan fingerprint density at radius 2 is 1.68 bits per heavy atom. The monoisotopic (exact) mass is 470 g/mol. The molecule has 6 heteroatoms. The highest BCUT2D eigenvalue weighted by Crippen LogP contribution is 2.32. The van der Waals surface area contributed by atoms with Crippen LogP contribution in [0.5, 0.6) is 11.5 Å². The number of amides is 2. The highest BCUT2D eigenvalue weighted by Gasteiger charge is 2.35. The molecule has 1 fully saturated rings. The largest absolute Gasteiger partial charge is 0.457 e. The van der Waals surface area contributed by atoms with Gasteiger partial charge in [0.15, 0.2) is 0 Å². The van der Waals surface area contributed by atoms with E-state index in [-0.39, 0.29) is 18.2 Å². The molecule has 5 rings (SSSR count). The fourth-order valence-corrected chi connectivity index (χ4v) is 4.39. The van der Waals surface area contributed by atoms with Gasteiger partial charge in [0.25, 0.3) is 0 Å². The van der Waals surface area contributed by atoms with Crippen LogP contribution in [0.1, 0.15) is 12.0 Å². The Morgan fingerprint density at radius 1 is 0.941 bits per heavy atom. The molecule has 0 unspecified atom stereocenters. The van der Waals surface area contributed by atoms with Crippen molar-refractivity contribution in [1.82, 2.24) is 0 Å². The van der Waals surface area contributed by atoms with Crippen molar-refractivity contribution in [2.45, 2.75) is 13.3 Å². The smallest absolute Gasteiger partial charge is 0.229 e. The van der Waals surface area contributed by atoms with E-state index >= 15 is 0 Å². The molecular weight excluding hydrogens is 448 g/mol. The van der Waals surface area contributed by atoms with Gasteiger partial charge in [-0.2, -0.15) is 0 Å². The van der Waals surface area contributed by atoms with E-state index in [1.807, 2.05) is 67.6 Å². The number of rotatable bonds is 5. The van der Waals surface area contributed by atoms with Gasteiger partial charge in [-0.05, 0) is 71.8 Å². The number of carbonyl (C=O) groups is 2. The van der Waals surface area contributed by atoms with Gasteiger partial charge in [-0.15, -0.1) is 0 Å². The predicted octanol–water partition coefficient (Wildman–Crippen LogP) is 6.59. The van der Waals surface area contributed by atoms with E-state index in [0.717, 1.165) is 27.8 Å². The van der Waals surface area contributed by atoms with Crippen LogP contribution in [0.3, 0.4) is 0 Å². The zero-order valence-electron chi connectivity index (χ0n) is 18.6. The predicted molar refractivity (Wildman–Crippen MR) is 136 cm³/mol. The molecule has 1 atom stereocenters. The molecule has 2 amide bonds.